The summed E-state index contributed by atoms with van der Waals surface area (Å²) in [5, 5.41) is 8.56. The molecule has 0 fully saturated rings. The summed E-state index contributed by atoms with van der Waals surface area (Å²) in [5.41, 5.74) is 0.342. The number of nitrogens with zero attached hydrogens (tertiary/aromatic N) is 3. The first-order valence-electron chi connectivity index (χ1n) is 4.47. The van der Waals surface area contributed by atoms with E-state index < -0.39 is 0 Å². The van der Waals surface area contributed by atoms with Crippen molar-refractivity contribution in [2.45, 2.75) is 6.92 Å². The summed E-state index contributed by atoms with van der Waals surface area (Å²) in [5.74, 6) is -0.230. The third-order valence-electron chi connectivity index (χ3n) is 1.89. The summed E-state index contributed by atoms with van der Waals surface area (Å²) in [4.78, 5) is 17.3. The molecular formula is C10H10BrN3O. The fourth-order valence-electron chi connectivity index (χ4n) is 1.11. The first-order chi connectivity index (χ1) is 7.20. The molecule has 0 bridgehead atoms. The molecule has 0 spiro atoms. The van der Waals surface area contributed by atoms with Crippen molar-refractivity contribution < 1.29 is 4.79 Å². The number of carbonyl (C=O) groups excluding carboxylic acids is 1. The minimum atomic E-state index is -0.230. The van der Waals surface area contributed by atoms with Gasteiger partial charge in [0.15, 0.2) is 0 Å². The fourth-order valence-corrected chi connectivity index (χ4v) is 1.53. The summed E-state index contributed by atoms with van der Waals surface area (Å²) in [6.07, 6.45) is 1.55. The number of amides is 1. The molecule has 78 valence electrons. The van der Waals surface area contributed by atoms with Gasteiger partial charge in [0.05, 0.1) is 6.07 Å². The SMILES string of the molecule is CCN(CC#N)C(=O)c1ncccc1Br. The molecular weight excluding hydrogens is 258 g/mol. The van der Waals surface area contributed by atoms with Gasteiger partial charge in [0.25, 0.3) is 5.91 Å². The van der Waals surface area contributed by atoms with Crippen molar-refractivity contribution in [3.63, 3.8) is 0 Å². The first-order valence-corrected chi connectivity index (χ1v) is 5.26. The lowest BCUT2D eigenvalue weighted by Crippen LogP contribution is -2.32. The van der Waals surface area contributed by atoms with Crippen molar-refractivity contribution in [3.8, 4) is 6.07 Å². The van der Waals surface area contributed by atoms with Crippen molar-refractivity contribution in [1.82, 2.24) is 9.88 Å². The smallest absolute Gasteiger partial charge is 0.274 e. The van der Waals surface area contributed by atoms with Crippen LogP contribution in [0.5, 0.6) is 0 Å². The Balaban J connectivity index is 2.94. The molecule has 1 heterocycles. The summed E-state index contributed by atoms with van der Waals surface area (Å²) in [7, 11) is 0. The van der Waals surface area contributed by atoms with Crippen LogP contribution >= 0.6 is 15.9 Å². The average Bonchev–Trinajstić information content (AvgIpc) is 2.25. The Labute approximate surface area is 96.7 Å². The van der Waals surface area contributed by atoms with Gasteiger partial charge in [-0.15, -0.1) is 0 Å². The lowest BCUT2D eigenvalue weighted by atomic mass is 10.3. The van der Waals surface area contributed by atoms with E-state index in [1.165, 1.54) is 4.90 Å². The molecule has 0 saturated heterocycles. The molecule has 0 saturated carbocycles. The molecule has 0 radical (unpaired) electrons. The standard InChI is InChI=1S/C10H10BrN3O/c1-2-14(7-5-12)10(15)9-8(11)4-3-6-13-9/h3-4,6H,2,7H2,1H3. The fraction of sp³-hybridized carbons (Fsp3) is 0.300. The molecule has 1 rings (SSSR count). The van der Waals surface area contributed by atoms with E-state index in [-0.39, 0.29) is 12.5 Å². The van der Waals surface area contributed by atoms with Crippen molar-refractivity contribution in [3.05, 3.63) is 28.5 Å². The molecule has 0 aliphatic rings. The minimum Gasteiger partial charge on any atom is -0.324 e. The number of halogens is 1. The molecule has 0 aliphatic carbocycles. The number of nitriles is 1. The zero-order valence-electron chi connectivity index (χ0n) is 8.27. The lowest BCUT2D eigenvalue weighted by Gasteiger charge is -2.16. The zero-order chi connectivity index (χ0) is 11.3. The second kappa shape index (κ2) is 5.47. The highest BCUT2D eigenvalue weighted by atomic mass is 79.9. The maximum atomic E-state index is 11.9. The molecule has 4 nitrogen and oxygen atoms in total. The highest BCUT2D eigenvalue weighted by Gasteiger charge is 2.17. The molecule has 15 heavy (non-hydrogen) atoms. The zero-order valence-corrected chi connectivity index (χ0v) is 9.86. The topological polar surface area (TPSA) is 57.0 Å². The Hall–Kier alpha value is -1.41. The maximum absolute atomic E-state index is 11.9. The molecule has 1 amide bonds. The molecule has 0 atom stereocenters. The van der Waals surface area contributed by atoms with Crippen LogP contribution in [0.3, 0.4) is 0 Å². The van der Waals surface area contributed by atoms with Crippen LogP contribution in [0.25, 0.3) is 0 Å². The van der Waals surface area contributed by atoms with Gasteiger partial charge < -0.3 is 4.90 Å². The molecule has 1 aromatic heterocycles. The van der Waals surface area contributed by atoms with E-state index in [1.54, 1.807) is 18.3 Å². The summed E-state index contributed by atoms with van der Waals surface area (Å²) in [6.45, 7) is 2.40. The highest BCUT2D eigenvalue weighted by Crippen LogP contribution is 2.15. The van der Waals surface area contributed by atoms with Crippen molar-refractivity contribution in [2.24, 2.45) is 0 Å². The third kappa shape index (κ3) is 2.77. The summed E-state index contributed by atoms with van der Waals surface area (Å²) >= 11 is 3.25. The third-order valence-corrected chi connectivity index (χ3v) is 2.53. The van der Waals surface area contributed by atoms with E-state index in [1.807, 2.05) is 13.0 Å². The number of aromatic nitrogens is 1. The van der Waals surface area contributed by atoms with Gasteiger partial charge in [0.2, 0.25) is 0 Å². The molecule has 0 aliphatic heterocycles. The summed E-state index contributed by atoms with van der Waals surface area (Å²) in [6, 6.07) is 5.44. The van der Waals surface area contributed by atoms with Crippen LogP contribution in [0.2, 0.25) is 0 Å². The van der Waals surface area contributed by atoms with Crippen LogP contribution in [0, 0.1) is 11.3 Å². The van der Waals surface area contributed by atoms with E-state index in [0.717, 1.165) is 0 Å². The van der Waals surface area contributed by atoms with Crippen LogP contribution < -0.4 is 0 Å². The average molecular weight is 268 g/mol. The molecule has 0 N–H and O–H groups in total. The van der Waals surface area contributed by atoms with Gasteiger partial charge in [-0.25, -0.2) is 4.98 Å². The Morgan fingerprint density at radius 3 is 3.00 bits per heavy atom. The number of hydrogen-bond acceptors (Lipinski definition) is 3. The van der Waals surface area contributed by atoms with Crippen LogP contribution in [-0.2, 0) is 0 Å². The predicted octanol–water partition coefficient (Wildman–Crippen LogP) is 1.83. The normalized spacial score (nSPS) is 9.40. The number of hydrogen-bond donors (Lipinski definition) is 0. The van der Waals surface area contributed by atoms with Crippen LogP contribution in [0.4, 0.5) is 0 Å². The molecule has 0 unspecified atom stereocenters. The van der Waals surface area contributed by atoms with E-state index >= 15 is 0 Å². The molecule has 0 aromatic carbocycles. The monoisotopic (exact) mass is 267 g/mol. The first kappa shape index (κ1) is 11.7. The summed E-state index contributed by atoms with van der Waals surface area (Å²) < 4.78 is 0.645. The van der Waals surface area contributed by atoms with E-state index in [4.69, 9.17) is 5.26 Å². The van der Waals surface area contributed by atoms with E-state index in [9.17, 15) is 4.79 Å². The highest BCUT2D eigenvalue weighted by molar-refractivity contribution is 9.10. The van der Waals surface area contributed by atoms with Gasteiger partial charge in [-0.2, -0.15) is 5.26 Å². The lowest BCUT2D eigenvalue weighted by molar-refractivity contribution is 0.0777. The van der Waals surface area contributed by atoms with Crippen LogP contribution in [-0.4, -0.2) is 28.9 Å². The van der Waals surface area contributed by atoms with Gasteiger partial charge >= 0.3 is 0 Å². The van der Waals surface area contributed by atoms with Crippen LogP contribution in [0.1, 0.15) is 17.4 Å². The molecule has 5 heteroatoms. The minimum absolute atomic E-state index is 0.0817. The van der Waals surface area contributed by atoms with Gasteiger partial charge in [-0.3, -0.25) is 4.79 Å². The Morgan fingerprint density at radius 1 is 1.73 bits per heavy atom. The van der Waals surface area contributed by atoms with Gasteiger partial charge in [0.1, 0.15) is 12.2 Å². The van der Waals surface area contributed by atoms with Crippen molar-refractivity contribution >= 4 is 21.8 Å². The molecule has 1 aromatic rings. The van der Waals surface area contributed by atoms with Gasteiger partial charge in [-0.05, 0) is 35.0 Å². The Morgan fingerprint density at radius 2 is 2.47 bits per heavy atom. The largest absolute Gasteiger partial charge is 0.324 e. The number of pyridine rings is 1. The van der Waals surface area contributed by atoms with Crippen LogP contribution in [0.15, 0.2) is 22.8 Å². The maximum Gasteiger partial charge on any atom is 0.274 e. The van der Waals surface area contributed by atoms with Gasteiger partial charge in [-0.1, -0.05) is 0 Å². The van der Waals surface area contributed by atoms with Gasteiger partial charge in [0, 0.05) is 17.2 Å². The van der Waals surface area contributed by atoms with E-state index in [2.05, 4.69) is 20.9 Å². The van der Waals surface area contributed by atoms with E-state index in [0.29, 0.717) is 16.7 Å². The second-order valence-corrected chi connectivity index (χ2v) is 3.67. The quantitative estimate of drug-likeness (QED) is 0.786. The number of rotatable bonds is 3. The number of carbonyl (C=O) groups is 1. The van der Waals surface area contributed by atoms with Crippen molar-refractivity contribution in [1.29, 1.82) is 5.26 Å². The second-order valence-electron chi connectivity index (χ2n) is 2.81. The Bertz CT molecular complexity index is 400. The van der Waals surface area contributed by atoms with Crippen molar-refractivity contribution in [2.75, 3.05) is 13.1 Å². The predicted molar refractivity (Wildman–Crippen MR) is 59.1 cm³/mol. The Kier molecular flexibility index (Phi) is 4.25.